The zero-order valence-electron chi connectivity index (χ0n) is 11.9. The Bertz CT molecular complexity index is 512. The van der Waals surface area contributed by atoms with Crippen molar-refractivity contribution in [1.82, 2.24) is 5.32 Å². The van der Waals surface area contributed by atoms with Gasteiger partial charge in [-0.3, -0.25) is 4.79 Å². The number of primary amides is 1. The third-order valence-corrected chi connectivity index (χ3v) is 2.63. The number of nitrogens with two attached hydrogens (primary N) is 1. The van der Waals surface area contributed by atoms with Crippen LogP contribution in [0.5, 0.6) is 5.75 Å². The Kier molecular flexibility index (Phi) is 4.96. The number of ether oxygens (including phenoxy) is 1. The van der Waals surface area contributed by atoms with Crippen molar-refractivity contribution in [3.05, 3.63) is 29.3 Å². The molecule has 1 aromatic carbocycles. The van der Waals surface area contributed by atoms with E-state index < -0.39 is 17.6 Å². The molecule has 0 saturated heterocycles. The Labute approximate surface area is 117 Å². The number of phenols is 1. The molecule has 0 aromatic heterocycles. The molecule has 1 aromatic rings. The minimum Gasteiger partial charge on any atom is -0.508 e. The second-order valence-corrected chi connectivity index (χ2v) is 5.28. The van der Waals surface area contributed by atoms with Crippen molar-refractivity contribution in [2.45, 2.75) is 32.8 Å². The van der Waals surface area contributed by atoms with Crippen LogP contribution in [-0.4, -0.2) is 29.3 Å². The first-order chi connectivity index (χ1) is 9.19. The average Bonchev–Trinajstić information content (AvgIpc) is 2.29. The third-order valence-electron chi connectivity index (χ3n) is 2.63. The third kappa shape index (κ3) is 5.17. The predicted molar refractivity (Wildman–Crippen MR) is 74.3 cm³/mol. The second-order valence-electron chi connectivity index (χ2n) is 5.28. The van der Waals surface area contributed by atoms with Crippen molar-refractivity contribution in [3.63, 3.8) is 0 Å². The predicted octanol–water partition coefficient (Wildman–Crippen LogP) is 1.23. The van der Waals surface area contributed by atoms with E-state index in [1.807, 2.05) is 13.0 Å². The average molecular weight is 280 g/mol. The Morgan fingerprint density at radius 1 is 1.40 bits per heavy atom. The molecule has 4 N–H and O–H groups in total. The lowest BCUT2D eigenvalue weighted by Crippen LogP contribution is -2.39. The van der Waals surface area contributed by atoms with Crippen molar-refractivity contribution in [2.24, 2.45) is 5.73 Å². The van der Waals surface area contributed by atoms with Crippen LogP contribution in [0.25, 0.3) is 0 Å². The van der Waals surface area contributed by atoms with Gasteiger partial charge in [0.25, 0.3) is 0 Å². The van der Waals surface area contributed by atoms with E-state index >= 15 is 0 Å². The maximum Gasteiger partial charge on any atom is 0.408 e. The maximum atomic E-state index is 11.5. The number of amides is 2. The zero-order chi connectivity index (χ0) is 15.3. The van der Waals surface area contributed by atoms with Gasteiger partial charge in [-0.05, 0) is 38.0 Å². The van der Waals surface area contributed by atoms with E-state index in [4.69, 9.17) is 10.5 Å². The van der Waals surface area contributed by atoms with Crippen molar-refractivity contribution in [2.75, 3.05) is 6.54 Å². The number of benzene rings is 1. The summed E-state index contributed by atoms with van der Waals surface area (Å²) in [4.78, 5) is 22.0. The summed E-state index contributed by atoms with van der Waals surface area (Å²) < 4.78 is 5.21. The highest BCUT2D eigenvalue weighted by Gasteiger charge is 2.24. The van der Waals surface area contributed by atoms with E-state index in [9.17, 15) is 14.7 Å². The number of phenolic OH excluding ortho intramolecular Hbond substituents is 1. The number of hydrogen-bond acceptors (Lipinski definition) is 4. The topological polar surface area (TPSA) is 102 Å². The van der Waals surface area contributed by atoms with Crippen LogP contribution in [0.3, 0.4) is 0 Å². The number of carbonyl (C=O) groups excluding carboxylic acids is 2. The summed E-state index contributed by atoms with van der Waals surface area (Å²) in [5, 5.41) is 12.1. The van der Waals surface area contributed by atoms with Gasteiger partial charge in [-0.2, -0.15) is 0 Å². The Hall–Kier alpha value is -2.24. The van der Waals surface area contributed by atoms with Crippen molar-refractivity contribution < 1.29 is 19.4 Å². The fourth-order valence-corrected chi connectivity index (χ4v) is 1.76. The molecule has 0 unspecified atom stereocenters. The molecule has 0 aliphatic carbocycles. The van der Waals surface area contributed by atoms with Gasteiger partial charge < -0.3 is 20.9 Å². The normalized spacial score (nSPS) is 10.9. The number of alkyl carbamates (subject to hydrolysis) is 1. The molecule has 1 rings (SSSR count). The maximum absolute atomic E-state index is 11.5. The molecule has 0 saturated carbocycles. The molecule has 0 aliphatic heterocycles. The molecule has 6 heteroatoms. The van der Waals surface area contributed by atoms with E-state index in [0.717, 1.165) is 5.56 Å². The molecule has 20 heavy (non-hydrogen) atoms. The summed E-state index contributed by atoms with van der Waals surface area (Å²) in [7, 11) is 0. The van der Waals surface area contributed by atoms with Crippen LogP contribution in [0.4, 0.5) is 4.79 Å². The molecule has 6 nitrogen and oxygen atoms in total. The number of aromatic hydroxyl groups is 1. The van der Waals surface area contributed by atoms with Gasteiger partial charge in [0.05, 0.1) is 6.54 Å². The summed E-state index contributed by atoms with van der Waals surface area (Å²) in [6.45, 7) is 5.04. The van der Waals surface area contributed by atoms with Crippen LogP contribution in [-0.2, 0) is 16.0 Å². The van der Waals surface area contributed by atoms with Crippen LogP contribution < -0.4 is 11.1 Å². The molecule has 0 fully saturated rings. The highest BCUT2D eigenvalue weighted by Crippen LogP contribution is 2.25. The van der Waals surface area contributed by atoms with Crippen LogP contribution in [0.1, 0.15) is 25.0 Å². The van der Waals surface area contributed by atoms with Crippen molar-refractivity contribution >= 4 is 12.0 Å². The van der Waals surface area contributed by atoms with Crippen LogP contribution in [0, 0.1) is 6.92 Å². The molecule has 0 radical (unpaired) electrons. The van der Waals surface area contributed by atoms with Gasteiger partial charge in [-0.1, -0.05) is 12.1 Å². The zero-order valence-corrected chi connectivity index (χ0v) is 11.9. The molecule has 0 aliphatic rings. The molecule has 0 atom stereocenters. The number of carbonyl (C=O) groups is 2. The minimum absolute atomic E-state index is 0.166. The van der Waals surface area contributed by atoms with E-state index in [0.29, 0.717) is 12.0 Å². The van der Waals surface area contributed by atoms with Gasteiger partial charge in [0.1, 0.15) is 11.4 Å². The van der Waals surface area contributed by atoms with Crippen LogP contribution in [0.2, 0.25) is 0 Å². The highest BCUT2D eigenvalue weighted by molar-refractivity contribution is 5.80. The fourth-order valence-electron chi connectivity index (χ4n) is 1.76. The molecule has 0 bridgehead atoms. The largest absolute Gasteiger partial charge is 0.508 e. The first-order valence-corrected chi connectivity index (χ1v) is 6.23. The van der Waals surface area contributed by atoms with Gasteiger partial charge in [0, 0.05) is 6.42 Å². The van der Waals surface area contributed by atoms with E-state index in [-0.39, 0.29) is 12.3 Å². The summed E-state index contributed by atoms with van der Waals surface area (Å²) >= 11 is 0. The van der Waals surface area contributed by atoms with Crippen LogP contribution >= 0.6 is 0 Å². The number of aryl methyl sites for hydroxylation is 1. The van der Waals surface area contributed by atoms with Gasteiger partial charge in [0.15, 0.2) is 0 Å². The molecular formula is C14H20N2O4. The fraction of sp³-hybridized carbons (Fsp3) is 0.429. The minimum atomic E-state index is -0.825. The van der Waals surface area contributed by atoms with Crippen molar-refractivity contribution in [3.8, 4) is 5.75 Å². The van der Waals surface area contributed by atoms with Gasteiger partial charge in [-0.25, -0.2) is 4.79 Å². The molecule has 2 amide bonds. The Morgan fingerprint density at radius 3 is 2.60 bits per heavy atom. The SMILES string of the molecule is Cc1ccc(CC(C)(C)OC(=O)NCC(N)=O)c(O)c1. The van der Waals surface area contributed by atoms with Gasteiger partial charge >= 0.3 is 6.09 Å². The summed E-state index contributed by atoms with van der Waals surface area (Å²) in [6, 6.07) is 5.31. The lowest BCUT2D eigenvalue weighted by atomic mass is 9.97. The highest BCUT2D eigenvalue weighted by atomic mass is 16.6. The summed E-state index contributed by atoms with van der Waals surface area (Å²) in [5.74, 6) is -0.477. The van der Waals surface area contributed by atoms with E-state index in [1.165, 1.54) is 0 Å². The first-order valence-electron chi connectivity index (χ1n) is 6.23. The Balaban J connectivity index is 2.64. The number of nitrogens with one attached hydrogen (secondary N) is 1. The van der Waals surface area contributed by atoms with E-state index in [2.05, 4.69) is 5.32 Å². The number of hydrogen-bond donors (Lipinski definition) is 3. The second kappa shape index (κ2) is 6.27. The van der Waals surface area contributed by atoms with Crippen LogP contribution in [0.15, 0.2) is 18.2 Å². The Morgan fingerprint density at radius 2 is 2.05 bits per heavy atom. The molecule has 110 valence electrons. The monoisotopic (exact) mass is 280 g/mol. The first kappa shape index (κ1) is 15.8. The number of rotatable bonds is 5. The summed E-state index contributed by atoms with van der Waals surface area (Å²) in [6.07, 6.45) is -0.372. The molecule has 0 heterocycles. The van der Waals surface area contributed by atoms with Gasteiger partial charge in [0.2, 0.25) is 5.91 Å². The molecular weight excluding hydrogens is 260 g/mol. The standard InChI is InChI=1S/C14H20N2O4/c1-9-4-5-10(11(17)6-9)7-14(2,3)20-13(19)16-8-12(15)18/h4-6,17H,7-8H2,1-3H3,(H2,15,18)(H,16,19). The summed E-state index contributed by atoms with van der Waals surface area (Å²) in [5.41, 5.74) is 5.73. The quantitative estimate of drug-likeness (QED) is 0.755. The molecule has 0 spiro atoms. The smallest absolute Gasteiger partial charge is 0.408 e. The van der Waals surface area contributed by atoms with Crippen molar-refractivity contribution in [1.29, 1.82) is 0 Å². The lowest BCUT2D eigenvalue weighted by molar-refractivity contribution is -0.117. The van der Waals surface area contributed by atoms with Gasteiger partial charge in [-0.15, -0.1) is 0 Å². The van der Waals surface area contributed by atoms with E-state index in [1.54, 1.807) is 26.0 Å². The lowest BCUT2D eigenvalue weighted by Gasteiger charge is -2.25.